The molecule has 0 fully saturated rings. The Morgan fingerprint density at radius 3 is 2.50 bits per heavy atom. The van der Waals surface area contributed by atoms with Crippen LogP contribution in [0.5, 0.6) is 0 Å². The van der Waals surface area contributed by atoms with Crippen LogP contribution in [0.1, 0.15) is 24.5 Å². The van der Waals surface area contributed by atoms with Gasteiger partial charge in [0.15, 0.2) is 0 Å². The van der Waals surface area contributed by atoms with Crippen molar-refractivity contribution in [3.8, 4) is 0 Å². The van der Waals surface area contributed by atoms with E-state index in [0.29, 0.717) is 13.2 Å². The van der Waals surface area contributed by atoms with Crippen LogP contribution < -0.4 is 5.64 Å². The maximum Gasteiger partial charge on any atom is 0.0959 e. The van der Waals surface area contributed by atoms with Crippen LogP contribution >= 0.6 is 0 Å². The zero-order chi connectivity index (χ0) is 11.6. The fourth-order valence-corrected chi connectivity index (χ4v) is 1.34. The SMILES string of the molecule is C=CCONOCc1ccc(CCC)cc1. The second kappa shape index (κ2) is 8.05. The molecule has 1 rings (SSSR count). The summed E-state index contributed by atoms with van der Waals surface area (Å²) in [5, 5.41) is 0. The van der Waals surface area contributed by atoms with E-state index in [0.717, 1.165) is 12.0 Å². The summed E-state index contributed by atoms with van der Waals surface area (Å²) in [4.78, 5) is 9.98. The Kier molecular flexibility index (Phi) is 6.49. The third-order valence-electron chi connectivity index (χ3n) is 2.12. The van der Waals surface area contributed by atoms with Crippen molar-refractivity contribution in [1.29, 1.82) is 0 Å². The Morgan fingerprint density at radius 2 is 1.88 bits per heavy atom. The predicted octanol–water partition coefficient (Wildman–Crippen LogP) is 2.78. The van der Waals surface area contributed by atoms with Gasteiger partial charge in [-0.2, -0.15) is 0 Å². The highest BCUT2D eigenvalue weighted by Crippen LogP contribution is 2.07. The molecule has 0 saturated carbocycles. The standard InChI is InChI=1S/C13H19NO2/c1-3-5-12-6-8-13(9-7-12)11-16-14-15-10-4-2/h4,6-9,14H,2-3,5,10-11H2,1H3. The van der Waals surface area contributed by atoms with Gasteiger partial charge in [0.05, 0.1) is 13.2 Å². The van der Waals surface area contributed by atoms with Gasteiger partial charge in [-0.1, -0.05) is 49.3 Å². The lowest BCUT2D eigenvalue weighted by Crippen LogP contribution is -2.15. The minimum absolute atomic E-state index is 0.426. The van der Waals surface area contributed by atoms with E-state index >= 15 is 0 Å². The summed E-state index contributed by atoms with van der Waals surface area (Å²) in [5.41, 5.74) is 4.89. The summed E-state index contributed by atoms with van der Waals surface area (Å²) < 4.78 is 0. The van der Waals surface area contributed by atoms with Crippen LogP contribution in [0.4, 0.5) is 0 Å². The first kappa shape index (κ1) is 12.9. The number of hydrogen-bond acceptors (Lipinski definition) is 3. The Labute approximate surface area is 97.0 Å². The molecule has 0 aliphatic carbocycles. The molecule has 1 N–H and O–H groups in total. The third-order valence-corrected chi connectivity index (χ3v) is 2.12. The molecule has 1 aromatic carbocycles. The Bertz CT molecular complexity index is 295. The van der Waals surface area contributed by atoms with Gasteiger partial charge in [-0.25, -0.2) is 0 Å². The Morgan fingerprint density at radius 1 is 1.19 bits per heavy atom. The van der Waals surface area contributed by atoms with E-state index in [9.17, 15) is 0 Å². The molecule has 0 amide bonds. The first-order chi connectivity index (χ1) is 7.86. The first-order valence-electron chi connectivity index (χ1n) is 5.54. The molecule has 0 atom stereocenters. The van der Waals surface area contributed by atoms with Crippen LogP contribution in [0, 0.1) is 0 Å². The van der Waals surface area contributed by atoms with E-state index in [2.05, 4.69) is 43.4 Å². The van der Waals surface area contributed by atoms with Crippen LogP contribution in [0.2, 0.25) is 0 Å². The molecule has 0 bridgehead atoms. The van der Waals surface area contributed by atoms with Crippen molar-refractivity contribution in [3.63, 3.8) is 0 Å². The van der Waals surface area contributed by atoms with Gasteiger partial charge < -0.3 is 0 Å². The van der Waals surface area contributed by atoms with Gasteiger partial charge in [0.1, 0.15) is 0 Å². The number of aryl methyl sites for hydroxylation is 1. The normalized spacial score (nSPS) is 10.3. The molecule has 3 heteroatoms. The Balaban J connectivity index is 2.23. The highest BCUT2D eigenvalue weighted by atomic mass is 16.9. The van der Waals surface area contributed by atoms with Crippen LogP contribution in [0.15, 0.2) is 36.9 Å². The molecule has 0 saturated heterocycles. The monoisotopic (exact) mass is 221 g/mol. The Hall–Kier alpha value is -1.16. The van der Waals surface area contributed by atoms with Crippen LogP contribution in [0.25, 0.3) is 0 Å². The smallest absolute Gasteiger partial charge is 0.0959 e. The minimum atomic E-state index is 0.426. The fourth-order valence-electron chi connectivity index (χ4n) is 1.34. The molecule has 0 aromatic heterocycles. The number of benzene rings is 1. The molecule has 3 nitrogen and oxygen atoms in total. The highest BCUT2D eigenvalue weighted by molar-refractivity contribution is 5.21. The number of nitrogens with one attached hydrogen (secondary N) is 1. The van der Waals surface area contributed by atoms with Crippen molar-refractivity contribution in [2.24, 2.45) is 0 Å². The molecule has 0 aliphatic heterocycles. The third kappa shape index (κ3) is 5.07. The molecule has 1 aromatic rings. The predicted molar refractivity (Wildman–Crippen MR) is 64.5 cm³/mol. The molecule has 0 radical (unpaired) electrons. The van der Waals surface area contributed by atoms with E-state index in [1.807, 2.05) is 0 Å². The average molecular weight is 221 g/mol. The van der Waals surface area contributed by atoms with Crippen molar-refractivity contribution < 1.29 is 9.68 Å². The second-order valence-corrected chi connectivity index (χ2v) is 3.54. The fraction of sp³-hybridized carbons (Fsp3) is 0.385. The quantitative estimate of drug-likeness (QED) is 0.416. The summed E-state index contributed by atoms with van der Waals surface area (Å²) in [6, 6.07) is 8.40. The number of rotatable bonds is 8. The van der Waals surface area contributed by atoms with Crippen LogP contribution in [0.3, 0.4) is 0 Å². The molecule has 0 unspecified atom stereocenters. The van der Waals surface area contributed by atoms with Crippen molar-refractivity contribution in [2.75, 3.05) is 6.61 Å². The van der Waals surface area contributed by atoms with E-state index in [1.165, 1.54) is 12.0 Å². The lowest BCUT2D eigenvalue weighted by Gasteiger charge is -2.05. The zero-order valence-electron chi connectivity index (χ0n) is 9.74. The van der Waals surface area contributed by atoms with Gasteiger partial charge >= 0.3 is 0 Å². The van der Waals surface area contributed by atoms with Crippen LogP contribution in [-0.4, -0.2) is 6.61 Å². The van der Waals surface area contributed by atoms with E-state index in [4.69, 9.17) is 9.68 Å². The summed E-state index contributed by atoms with van der Waals surface area (Å²) in [6.07, 6.45) is 3.95. The van der Waals surface area contributed by atoms with E-state index in [-0.39, 0.29) is 0 Å². The maximum atomic E-state index is 5.10. The summed E-state index contributed by atoms with van der Waals surface area (Å²) >= 11 is 0. The molecular weight excluding hydrogens is 202 g/mol. The van der Waals surface area contributed by atoms with Crippen molar-refractivity contribution in [1.82, 2.24) is 5.64 Å². The second-order valence-electron chi connectivity index (χ2n) is 3.54. The summed E-state index contributed by atoms with van der Waals surface area (Å²) in [7, 11) is 0. The van der Waals surface area contributed by atoms with Gasteiger partial charge in [-0.3, -0.25) is 9.68 Å². The first-order valence-corrected chi connectivity index (χ1v) is 5.54. The molecule has 88 valence electrons. The molecular formula is C13H19NO2. The lowest BCUT2D eigenvalue weighted by atomic mass is 10.1. The van der Waals surface area contributed by atoms with Crippen molar-refractivity contribution in [2.45, 2.75) is 26.4 Å². The van der Waals surface area contributed by atoms with E-state index < -0.39 is 0 Å². The van der Waals surface area contributed by atoms with Crippen molar-refractivity contribution in [3.05, 3.63) is 48.0 Å². The van der Waals surface area contributed by atoms with Gasteiger partial charge in [0.25, 0.3) is 0 Å². The maximum absolute atomic E-state index is 5.10. The molecule has 16 heavy (non-hydrogen) atoms. The number of hydrogen-bond donors (Lipinski definition) is 1. The van der Waals surface area contributed by atoms with Gasteiger partial charge in [-0.05, 0) is 17.5 Å². The molecule has 0 aliphatic rings. The van der Waals surface area contributed by atoms with Gasteiger partial charge in [0, 0.05) is 0 Å². The van der Waals surface area contributed by atoms with Crippen LogP contribution in [-0.2, 0) is 22.7 Å². The summed E-state index contributed by atoms with van der Waals surface area (Å²) in [6.45, 7) is 6.62. The van der Waals surface area contributed by atoms with Gasteiger partial charge in [0.2, 0.25) is 0 Å². The van der Waals surface area contributed by atoms with Crippen molar-refractivity contribution >= 4 is 0 Å². The van der Waals surface area contributed by atoms with Gasteiger partial charge in [-0.15, -0.1) is 6.58 Å². The largest absolute Gasteiger partial charge is 0.273 e. The zero-order valence-corrected chi connectivity index (χ0v) is 9.74. The molecule has 0 heterocycles. The summed E-state index contributed by atoms with van der Waals surface area (Å²) in [5.74, 6) is 0. The highest BCUT2D eigenvalue weighted by Gasteiger charge is 1.94. The average Bonchev–Trinajstić information content (AvgIpc) is 2.31. The lowest BCUT2D eigenvalue weighted by molar-refractivity contribution is -0.170. The van der Waals surface area contributed by atoms with E-state index in [1.54, 1.807) is 6.08 Å². The minimum Gasteiger partial charge on any atom is -0.273 e. The topological polar surface area (TPSA) is 30.5 Å². The molecule has 0 spiro atoms.